The molecule has 8 nitrogen and oxygen atoms in total. The molecule has 2 aliphatic heterocycles. The highest BCUT2D eigenvalue weighted by Crippen LogP contribution is 2.35. The number of methoxy groups -OCH3 is 1. The quantitative estimate of drug-likeness (QED) is 0.760. The van der Waals surface area contributed by atoms with E-state index < -0.39 is 0 Å². The van der Waals surface area contributed by atoms with Crippen LogP contribution >= 0.6 is 0 Å². The topological polar surface area (TPSA) is 89.1 Å². The number of benzene rings is 2. The third kappa shape index (κ3) is 4.59. The normalized spacial score (nSPS) is 17.6. The van der Waals surface area contributed by atoms with Crippen LogP contribution in [0.1, 0.15) is 12.0 Å². The smallest absolute Gasteiger partial charge is 0.315 e. The predicted molar refractivity (Wildman–Crippen MR) is 111 cm³/mol. The Morgan fingerprint density at radius 3 is 2.67 bits per heavy atom. The van der Waals surface area contributed by atoms with Crippen molar-refractivity contribution in [3.05, 3.63) is 48.0 Å². The Kier molecular flexibility index (Phi) is 5.92. The van der Waals surface area contributed by atoms with Gasteiger partial charge in [0.2, 0.25) is 5.91 Å². The molecule has 8 heteroatoms. The van der Waals surface area contributed by atoms with Gasteiger partial charge in [-0.15, -0.1) is 0 Å². The first-order valence-electron chi connectivity index (χ1n) is 9.99. The largest absolute Gasteiger partial charge is 0.497 e. The summed E-state index contributed by atoms with van der Waals surface area (Å²) in [6.07, 6.45) is 0.977. The predicted octanol–water partition coefficient (Wildman–Crippen LogP) is 2.11. The van der Waals surface area contributed by atoms with Crippen LogP contribution in [0.2, 0.25) is 0 Å². The van der Waals surface area contributed by atoms with Crippen molar-refractivity contribution in [2.45, 2.75) is 18.9 Å². The minimum atomic E-state index is -0.273. The average molecular weight is 411 g/mol. The molecular weight excluding hydrogens is 386 g/mol. The average Bonchev–Trinajstić information content (AvgIpc) is 3.13. The number of ether oxygens (including phenoxy) is 3. The lowest BCUT2D eigenvalue weighted by Gasteiger charge is -2.22. The fourth-order valence-corrected chi connectivity index (χ4v) is 3.60. The summed E-state index contributed by atoms with van der Waals surface area (Å²) in [5, 5.41) is 5.74. The number of fused-ring (bicyclic) bond motifs is 1. The maximum absolute atomic E-state index is 12.5. The summed E-state index contributed by atoms with van der Waals surface area (Å²) in [7, 11) is 1.63. The molecule has 0 radical (unpaired) electrons. The molecule has 2 aromatic carbocycles. The molecule has 0 aliphatic carbocycles. The van der Waals surface area contributed by atoms with Gasteiger partial charge in [-0.1, -0.05) is 12.1 Å². The summed E-state index contributed by atoms with van der Waals surface area (Å²) < 4.78 is 16.3. The molecule has 2 heterocycles. The first kappa shape index (κ1) is 19.9. The van der Waals surface area contributed by atoms with Gasteiger partial charge in [-0.05, 0) is 36.2 Å². The van der Waals surface area contributed by atoms with E-state index in [9.17, 15) is 9.59 Å². The van der Waals surface area contributed by atoms with Gasteiger partial charge in [0.25, 0.3) is 0 Å². The van der Waals surface area contributed by atoms with Gasteiger partial charge in [0.1, 0.15) is 19.0 Å². The number of nitrogens with zero attached hydrogens (tertiary/aromatic N) is 1. The zero-order valence-corrected chi connectivity index (χ0v) is 16.8. The number of amides is 3. The van der Waals surface area contributed by atoms with Gasteiger partial charge < -0.3 is 29.7 Å². The van der Waals surface area contributed by atoms with E-state index in [-0.39, 0.29) is 24.4 Å². The van der Waals surface area contributed by atoms with Crippen molar-refractivity contribution in [3.63, 3.8) is 0 Å². The van der Waals surface area contributed by atoms with E-state index in [2.05, 4.69) is 10.6 Å². The Hall–Kier alpha value is -3.42. The lowest BCUT2D eigenvalue weighted by atomic mass is 10.1. The number of urea groups is 1. The zero-order valence-electron chi connectivity index (χ0n) is 16.8. The maximum atomic E-state index is 12.5. The second-order valence-corrected chi connectivity index (χ2v) is 7.23. The highest BCUT2D eigenvalue weighted by molar-refractivity contribution is 5.97. The van der Waals surface area contributed by atoms with E-state index in [1.165, 1.54) is 0 Å². The molecule has 1 atom stereocenters. The molecule has 0 aromatic heterocycles. The zero-order chi connectivity index (χ0) is 20.9. The molecule has 1 fully saturated rings. The molecule has 4 rings (SSSR count). The number of rotatable bonds is 6. The van der Waals surface area contributed by atoms with E-state index in [1.54, 1.807) is 12.0 Å². The Balaban J connectivity index is 1.26. The first-order chi connectivity index (χ1) is 14.6. The third-order valence-electron chi connectivity index (χ3n) is 5.16. The van der Waals surface area contributed by atoms with Crippen LogP contribution in [0.5, 0.6) is 17.2 Å². The van der Waals surface area contributed by atoms with E-state index in [0.29, 0.717) is 44.2 Å². The summed E-state index contributed by atoms with van der Waals surface area (Å²) in [5.41, 5.74) is 1.85. The SMILES string of the molecule is COc1ccc(CCNC(=O)NC2CC(=O)N(c3ccc4c(c3)OCCO4)C2)cc1. The number of hydrogen-bond acceptors (Lipinski definition) is 5. The van der Waals surface area contributed by atoms with E-state index in [0.717, 1.165) is 17.0 Å². The molecule has 0 bridgehead atoms. The number of carbonyl (C=O) groups excluding carboxylic acids is 2. The number of carbonyl (C=O) groups is 2. The van der Waals surface area contributed by atoms with Gasteiger partial charge in [-0.2, -0.15) is 0 Å². The lowest BCUT2D eigenvalue weighted by Crippen LogP contribution is -2.43. The summed E-state index contributed by atoms with van der Waals surface area (Å²) in [4.78, 5) is 26.3. The fourth-order valence-electron chi connectivity index (χ4n) is 3.60. The van der Waals surface area contributed by atoms with E-state index in [1.807, 2.05) is 42.5 Å². The number of hydrogen-bond donors (Lipinski definition) is 2. The molecule has 0 spiro atoms. The van der Waals surface area contributed by atoms with Crippen LogP contribution in [0, 0.1) is 0 Å². The molecule has 158 valence electrons. The van der Waals surface area contributed by atoms with Gasteiger partial charge in [0.05, 0.1) is 13.2 Å². The molecule has 0 saturated carbocycles. The van der Waals surface area contributed by atoms with Crippen LogP contribution in [0.4, 0.5) is 10.5 Å². The van der Waals surface area contributed by atoms with Gasteiger partial charge in [-0.3, -0.25) is 4.79 Å². The molecule has 30 heavy (non-hydrogen) atoms. The minimum absolute atomic E-state index is 0.0322. The number of nitrogens with one attached hydrogen (secondary N) is 2. The summed E-state index contributed by atoms with van der Waals surface area (Å²) in [6, 6.07) is 12.7. The molecule has 2 aromatic rings. The number of anilines is 1. The molecule has 1 saturated heterocycles. The van der Waals surface area contributed by atoms with Gasteiger partial charge in [0, 0.05) is 31.3 Å². The Morgan fingerprint density at radius 1 is 1.13 bits per heavy atom. The molecule has 1 unspecified atom stereocenters. The van der Waals surface area contributed by atoms with Crippen LogP contribution < -0.4 is 29.7 Å². The Bertz CT molecular complexity index is 915. The van der Waals surface area contributed by atoms with E-state index >= 15 is 0 Å². The van der Waals surface area contributed by atoms with Crippen molar-refractivity contribution in [2.24, 2.45) is 0 Å². The van der Waals surface area contributed by atoms with E-state index in [4.69, 9.17) is 14.2 Å². The maximum Gasteiger partial charge on any atom is 0.315 e. The second-order valence-electron chi connectivity index (χ2n) is 7.23. The second kappa shape index (κ2) is 8.94. The van der Waals surface area contributed by atoms with Crippen LogP contribution in [0.15, 0.2) is 42.5 Å². The van der Waals surface area contributed by atoms with Crippen molar-refractivity contribution >= 4 is 17.6 Å². The summed E-state index contributed by atoms with van der Waals surface area (Å²) in [6.45, 7) is 1.94. The summed E-state index contributed by atoms with van der Waals surface area (Å²) in [5.74, 6) is 2.09. The highest BCUT2D eigenvalue weighted by atomic mass is 16.6. The molecule has 2 aliphatic rings. The van der Waals surface area contributed by atoms with Crippen molar-refractivity contribution in [3.8, 4) is 17.2 Å². The Morgan fingerprint density at radius 2 is 1.90 bits per heavy atom. The van der Waals surface area contributed by atoms with Crippen LogP contribution in [-0.4, -0.2) is 51.4 Å². The van der Waals surface area contributed by atoms with Crippen molar-refractivity contribution in [1.29, 1.82) is 0 Å². The molecular formula is C22H25N3O5. The standard InChI is InChI=1S/C22H25N3O5/c1-28-18-5-2-15(3-6-18)8-9-23-22(27)24-16-12-21(26)25(14-16)17-4-7-19-20(13-17)30-11-10-29-19/h2-7,13,16H,8-12,14H2,1H3,(H2,23,24,27). The van der Waals surface area contributed by atoms with Crippen molar-refractivity contribution in [1.82, 2.24) is 10.6 Å². The van der Waals surface area contributed by atoms with Crippen LogP contribution in [-0.2, 0) is 11.2 Å². The lowest BCUT2D eigenvalue weighted by molar-refractivity contribution is -0.117. The first-order valence-corrected chi connectivity index (χ1v) is 9.99. The summed E-state index contributed by atoms with van der Waals surface area (Å²) >= 11 is 0. The van der Waals surface area contributed by atoms with Gasteiger partial charge in [-0.25, -0.2) is 4.79 Å². The highest BCUT2D eigenvalue weighted by Gasteiger charge is 2.32. The molecule has 2 N–H and O–H groups in total. The molecule has 3 amide bonds. The monoisotopic (exact) mass is 411 g/mol. The van der Waals surface area contributed by atoms with Crippen molar-refractivity contribution in [2.75, 3.05) is 38.3 Å². The van der Waals surface area contributed by atoms with Crippen molar-refractivity contribution < 1.29 is 23.8 Å². The minimum Gasteiger partial charge on any atom is -0.497 e. The van der Waals surface area contributed by atoms with Crippen LogP contribution in [0.3, 0.4) is 0 Å². The van der Waals surface area contributed by atoms with Crippen LogP contribution in [0.25, 0.3) is 0 Å². The van der Waals surface area contributed by atoms with Gasteiger partial charge in [0.15, 0.2) is 11.5 Å². The Labute approximate surface area is 175 Å². The van der Waals surface area contributed by atoms with Gasteiger partial charge >= 0.3 is 6.03 Å². The fraction of sp³-hybridized carbons (Fsp3) is 0.364. The third-order valence-corrected chi connectivity index (χ3v) is 5.16.